The Morgan fingerprint density at radius 1 is 1.31 bits per heavy atom. The van der Waals surface area contributed by atoms with Gasteiger partial charge >= 0.3 is 0 Å². The van der Waals surface area contributed by atoms with Crippen LogP contribution < -0.4 is 5.32 Å². The van der Waals surface area contributed by atoms with Crippen molar-refractivity contribution in [2.75, 3.05) is 18.5 Å². The van der Waals surface area contributed by atoms with Crippen LogP contribution in [-0.4, -0.2) is 55.1 Å². The summed E-state index contributed by atoms with van der Waals surface area (Å²) in [6.45, 7) is 7.90. The van der Waals surface area contributed by atoms with E-state index >= 15 is 4.39 Å². The summed E-state index contributed by atoms with van der Waals surface area (Å²) in [6, 6.07) is 2.77. The number of aliphatic hydroxyl groups is 2. The molecule has 0 bridgehead atoms. The number of ether oxygens (including phenoxy) is 1. The van der Waals surface area contributed by atoms with E-state index in [-0.39, 0.29) is 35.2 Å². The number of aliphatic hydroxyl groups excluding tert-OH is 1. The summed E-state index contributed by atoms with van der Waals surface area (Å²) in [7, 11) is 0. The molecule has 2 aromatic heterocycles. The second kappa shape index (κ2) is 8.55. The zero-order valence-electron chi connectivity index (χ0n) is 18.4. The number of rotatable bonds is 5. The molecular weight excluding hydrogens is 437 g/mol. The van der Waals surface area contributed by atoms with Crippen molar-refractivity contribution in [2.45, 2.75) is 57.9 Å². The molecule has 3 aromatic rings. The number of aromatic nitrogens is 4. The molecule has 8 nitrogen and oxygen atoms in total. The maximum absolute atomic E-state index is 15.1. The van der Waals surface area contributed by atoms with Gasteiger partial charge in [-0.25, -0.2) is 19.3 Å². The molecule has 1 saturated heterocycles. The molecule has 3 heterocycles. The Hall–Kier alpha value is -2.33. The van der Waals surface area contributed by atoms with Gasteiger partial charge in [-0.15, -0.1) is 0 Å². The Kier molecular flexibility index (Phi) is 6.10. The molecule has 4 rings (SSSR count). The SMILES string of the molecule is CC(C)n1c(C(C)(C)O)nc2c(F)cc(-c3nc(N[C@H]4CCOC[C@H]4O)ncc3Cl)cc21. The lowest BCUT2D eigenvalue weighted by molar-refractivity contribution is -0.0136. The van der Waals surface area contributed by atoms with Crippen molar-refractivity contribution in [3.05, 3.63) is 35.0 Å². The monoisotopic (exact) mass is 463 g/mol. The molecule has 1 aliphatic heterocycles. The summed E-state index contributed by atoms with van der Waals surface area (Å²) in [5, 5.41) is 24.1. The van der Waals surface area contributed by atoms with E-state index in [9.17, 15) is 10.2 Å². The number of halogens is 2. The van der Waals surface area contributed by atoms with E-state index in [4.69, 9.17) is 16.3 Å². The first kappa shape index (κ1) is 22.8. The molecule has 1 aromatic carbocycles. The Labute approximate surface area is 190 Å². The highest BCUT2D eigenvalue weighted by molar-refractivity contribution is 6.33. The van der Waals surface area contributed by atoms with Gasteiger partial charge in [-0.1, -0.05) is 11.6 Å². The Balaban J connectivity index is 1.80. The van der Waals surface area contributed by atoms with Crippen molar-refractivity contribution in [3.8, 4) is 11.3 Å². The molecule has 0 spiro atoms. The van der Waals surface area contributed by atoms with E-state index in [2.05, 4.69) is 20.3 Å². The van der Waals surface area contributed by atoms with E-state index in [1.807, 2.05) is 18.4 Å². The average Bonchev–Trinajstić information content (AvgIpc) is 3.12. The summed E-state index contributed by atoms with van der Waals surface area (Å²) in [6.07, 6.45) is 1.37. The lowest BCUT2D eigenvalue weighted by atomic mass is 10.1. The average molecular weight is 464 g/mol. The van der Waals surface area contributed by atoms with Crippen molar-refractivity contribution >= 4 is 28.6 Å². The Morgan fingerprint density at radius 3 is 2.72 bits per heavy atom. The molecule has 0 unspecified atom stereocenters. The van der Waals surface area contributed by atoms with Crippen LogP contribution in [0.2, 0.25) is 5.02 Å². The fourth-order valence-corrected chi connectivity index (χ4v) is 4.14. The fourth-order valence-electron chi connectivity index (χ4n) is 3.94. The van der Waals surface area contributed by atoms with Gasteiger partial charge in [0.05, 0.1) is 41.2 Å². The van der Waals surface area contributed by atoms with E-state index in [1.165, 1.54) is 12.3 Å². The van der Waals surface area contributed by atoms with Gasteiger partial charge in [0, 0.05) is 18.2 Å². The van der Waals surface area contributed by atoms with Gasteiger partial charge < -0.3 is 24.8 Å². The number of hydrogen-bond donors (Lipinski definition) is 3. The fraction of sp³-hybridized carbons (Fsp3) is 0.500. The molecule has 1 aliphatic rings. The number of nitrogens with zero attached hydrogens (tertiary/aromatic N) is 4. The van der Waals surface area contributed by atoms with Gasteiger partial charge in [0.2, 0.25) is 5.95 Å². The molecule has 0 radical (unpaired) electrons. The van der Waals surface area contributed by atoms with E-state index < -0.39 is 17.5 Å². The molecule has 1 fully saturated rings. The first-order chi connectivity index (χ1) is 15.1. The third-order valence-electron chi connectivity index (χ3n) is 5.47. The van der Waals surface area contributed by atoms with Crippen LogP contribution in [0.5, 0.6) is 0 Å². The highest BCUT2D eigenvalue weighted by Gasteiger charge is 2.28. The van der Waals surface area contributed by atoms with Crippen LogP contribution >= 0.6 is 11.6 Å². The van der Waals surface area contributed by atoms with Gasteiger partial charge in [0.1, 0.15) is 16.9 Å². The van der Waals surface area contributed by atoms with Crippen LogP contribution in [0, 0.1) is 5.82 Å². The maximum Gasteiger partial charge on any atom is 0.223 e. The normalized spacial score (nSPS) is 19.7. The van der Waals surface area contributed by atoms with E-state index in [0.29, 0.717) is 35.6 Å². The Morgan fingerprint density at radius 2 is 2.06 bits per heavy atom. The molecule has 0 aliphatic carbocycles. The molecule has 0 saturated carbocycles. The highest BCUT2D eigenvalue weighted by Crippen LogP contribution is 2.34. The van der Waals surface area contributed by atoms with Gasteiger partial charge in [0.15, 0.2) is 5.82 Å². The zero-order valence-corrected chi connectivity index (χ0v) is 19.2. The number of nitrogens with one attached hydrogen (secondary N) is 1. The zero-order chi connectivity index (χ0) is 23.2. The molecule has 32 heavy (non-hydrogen) atoms. The number of hydrogen-bond acceptors (Lipinski definition) is 7. The van der Waals surface area contributed by atoms with E-state index in [0.717, 1.165) is 0 Å². The summed E-state index contributed by atoms with van der Waals surface area (Å²) in [5.41, 5.74) is 0.281. The second-order valence-electron chi connectivity index (χ2n) is 8.86. The van der Waals surface area contributed by atoms with Crippen LogP contribution in [-0.2, 0) is 10.3 Å². The third-order valence-corrected chi connectivity index (χ3v) is 5.75. The van der Waals surface area contributed by atoms with Gasteiger partial charge in [-0.3, -0.25) is 0 Å². The molecular formula is C22H27ClFN5O3. The maximum atomic E-state index is 15.1. The minimum atomic E-state index is -1.25. The quantitative estimate of drug-likeness (QED) is 0.530. The van der Waals surface area contributed by atoms with Crippen LogP contribution in [0.15, 0.2) is 18.3 Å². The summed E-state index contributed by atoms with van der Waals surface area (Å²) >= 11 is 6.38. The number of fused-ring (bicyclic) bond motifs is 1. The molecule has 2 atom stereocenters. The smallest absolute Gasteiger partial charge is 0.223 e. The molecule has 172 valence electrons. The first-order valence-corrected chi connectivity index (χ1v) is 10.9. The van der Waals surface area contributed by atoms with Gasteiger partial charge in [-0.2, -0.15) is 0 Å². The molecule has 0 amide bonds. The minimum absolute atomic E-state index is 0.0656. The number of benzene rings is 1. The van der Waals surface area contributed by atoms with Crippen molar-refractivity contribution in [3.63, 3.8) is 0 Å². The summed E-state index contributed by atoms with van der Waals surface area (Å²) in [4.78, 5) is 13.1. The summed E-state index contributed by atoms with van der Waals surface area (Å²) in [5.74, 6) is 0.125. The predicted molar refractivity (Wildman–Crippen MR) is 120 cm³/mol. The van der Waals surface area contributed by atoms with Crippen LogP contribution in [0.3, 0.4) is 0 Å². The lowest BCUT2D eigenvalue weighted by Crippen LogP contribution is -2.42. The minimum Gasteiger partial charge on any atom is -0.389 e. The summed E-state index contributed by atoms with van der Waals surface area (Å²) < 4.78 is 22.2. The predicted octanol–water partition coefficient (Wildman–Crippen LogP) is 3.66. The van der Waals surface area contributed by atoms with Crippen LogP contribution in [0.1, 0.15) is 46.0 Å². The van der Waals surface area contributed by atoms with Gasteiger partial charge in [-0.05, 0) is 46.2 Å². The number of imidazole rings is 1. The van der Waals surface area contributed by atoms with Crippen molar-refractivity contribution in [1.29, 1.82) is 0 Å². The third kappa shape index (κ3) is 4.30. The van der Waals surface area contributed by atoms with Crippen LogP contribution in [0.25, 0.3) is 22.3 Å². The number of anilines is 1. The highest BCUT2D eigenvalue weighted by atomic mass is 35.5. The molecule has 3 N–H and O–H groups in total. The van der Waals surface area contributed by atoms with E-state index in [1.54, 1.807) is 19.9 Å². The first-order valence-electron chi connectivity index (χ1n) is 10.6. The lowest BCUT2D eigenvalue weighted by Gasteiger charge is -2.28. The largest absolute Gasteiger partial charge is 0.389 e. The van der Waals surface area contributed by atoms with Crippen molar-refractivity contribution in [2.24, 2.45) is 0 Å². The Bertz CT molecular complexity index is 1140. The topological polar surface area (TPSA) is 105 Å². The standard InChI is InChI=1S/C22H27ClFN5O3/c1-11(2)29-16-8-12(7-14(24)19(16)27-20(29)22(3,4)31)18-13(23)9-25-21(28-18)26-15-5-6-32-10-17(15)30/h7-9,11,15,17,30-31H,5-6,10H2,1-4H3,(H,25,26,28)/t15-,17+/m0/s1. The molecule has 10 heteroatoms. The van der Waals surface area contributed by atoms with Gasteiger partial charge in [0.25, 0.3) is 0 Å². The van der Waals surface area contributed by atoms with Crippen molar-refractivity contribution < 1.29 is 19.3 Å². The van der Waals surface area contributed by atoms with Crippen LogP contribution in [0.4, 0.5) is 10.3 Å². The second-order valence-corrected chi connectivity index (χ2v) is 9.26. The van der Waals surface area contributed by atoms with Crippen molar-refractivity contribution in [1.82, 2.24) is 19.5 Å².